The Morgan fingerprint density at radius 2 is 2.24 bits per heavy atom. The molecule has 1 aliphatic heterocycles. The van der Waals surface area contributed by atoms with E-state index in [1.54, 1.807) is 31.0 Å². The van der Waals surface area contributed by atoms with Gasteiger partial charge in [-0.2, -0.15) is 0 Å². The van der Waals surface area contributed by atoms with Crippen molar-refractivity contribution in [3.63, 3.8) is 0 Å². The quantitative estimate of drug-likeness (QED) is 0.777. The van der Waals surface area contributed by atoms with Crippen molar-refractivity contribution < 1.29 is 13.2 Å². The van der Waals surface area contributed by atoms with Gasteiger partial charge in [-0.25, -0.2) is 13.4 Å². The zero-order valence-electron chi connectivity index (χ0n) is 11.8. The van der Waals surface area contributed by atoms with Crippen molar-refractivity contribution in [2.24, 2.45) is 0 Å². The predicted molar refractivity (Wildman–Crippen MR) is 84.4 cm³/mol. The van der Waals surface area contributed by atoms with Crippen molar-refractivity contribution in [2.75, 3.05) is 18.6 Å². The number of carbonyl (C=O) groups excluding carboxylic acids is 1. The van der Waals surface area contributed by atoms with Crippen molar-refractivity contribution >= 4 is 39.1 Å². The Hall–Kier alpha value is -0.790. The topological polar surface area (TPSA) is 67.3 Å². The molecule has 0 bridgehead atoms. The molecule has 0 spiro atoms. The number of carbonyl (C=O) groups is 1. The number of sulfone groups is 1. The standard InChI is InChI=1S/C13H17ClN2O3S2/c1-9(20-12-4-3-10(14)7-15-12)13(17)16(2)11-5-6-21(18,19)8-11/h3-4,7,9,11H,5-6,8H2,1-2H3/t9-,11-/m0/s1. The maximum absolute atomic E-state index is 12.4. The van der Waals surface area contributed by atoms with E-state index in [2.05, 4.69) is 4.98 Å². The van der Waals surface area contributed by atoms with Gasteiger partial charge in [0.2, 0.25) is 5.91 Å². The summed E-state index contributed by atoms with van der Waals surface area (Å²) in [4.78, 5) is 18.1. The van der Waals surface area contributed by atoms with Crippen molar-refractivity contribution in [1.29, 1.82) is 0 Å². The summed E-state index contributed by atoms with van der Waals surface area (Å²) >= 11 is 7.11. The minimum Gasteiger partial charge on any atom is -0.341 e. The lowest BCUT2D eigenvalue weighted by molar-refractivity contribution is -0.130. The van der Waals surface area contributed by atoms with Gasteiger partial charge < -0.3 is 4.90 Å². The van der Waals surface area contributed by atoms with Crippen LogP contribution >= 0.6 is 23.4 Å². The molecule has 0 N–H and O–H groups in total. The van der Waals surface area contributed by atoms with E-state index >= 15 is 0 Å². The van der Waals surface area contributed by atoms with Gasteiger partial charge in [-0.05, 0) is 25.5 Å². The number of hydrogen-bond donors (Lipinski definition) is 0. The number of halogens is 1. The first-order valence-electron chi connectivity index (χ1n) is 6.54. The molecule has 0 unspecified atom stereocenters. The number of rotatable bonds is 4. The average Bonchev–Trinajstić information content (AvgIpc) is 2.80. The number of amides is 1. The third-order valence-corrected chi connectivity index (χ3v) is 6.46. The van der Waals surface area contributed by atoms with Crippen molar-refractivity contribution in [3.05, 3.63) is 23.4 Å². The molecule has 1 aliphatic rings. The molecular weight excluding hydrogens is 332 g/mol. The highest BCUT2D eigenvalue weighted by molar-refractivity contribution is 8.00. The molecule has 1 aromatic heterocycles. The molecule has 1 saturated heterocycles. The Bertz CT molecular complexity index is 619. The molecule has 0 saturated carbocycles. The summed E-state index contributed by atoms with van der Waals surface area (Å²) in [6.45, 7) is 1.79. The number of aromatic nitrogens is 1. The molecule has 1 aromatic rings. The molecular formula is C13H17ClN2O3S2. The highest BCUT2D eigenvalue weighted by atomic mass is 35.5. The van der Waals surface area contributed by atoms with Crippen LogP contribution in [0.3, 0.4) is 0 Å². The van der Waals surface area contributed by atoms with Gasteiger partial charge in [0.05, 0.1) is 26.8 Å². The lowest BCUT2D eigenvalue weighted by atomic mass is 10.2. The Morgan fingerprint density at radius 3 is 2.76 bits per heavy atom. The van der Waals surface area contributed by atoms with Crippen LogP contribution in [0.5, 0.6) is 0 Å². The van der Waals surface area contributed by atoms with E-state index in [0.717, 1.165) is 0 Å². The third kappa shape index (κ3) is 4.34. The van der Waals surface area contributed by atoms with Crippen LogP contribution in [0.15, 0.2) is 23.4 Å². The van der Waals surface area contributed by atoms with Gasteiger partial charge in [0.15, 0.2) is 9.84 Å². The number of hydrogen-bond acceptors (Lipinski definition) is 5. The molecule has 0 aromatic carbocycles. The van der Waals surface area contributed by atoms with E-state index in [1.807, 2.05) is 0 Å². The number of nitrogens with zero attached hydrogens (tertiary/aromatic N) is 2. The summed E-state index contributed by atoms with van der Waals surface area (Å²) in [5, 5.41) is 0.936. The second-order valence-electron chi connectivity index (χ2n) is 5.08. The van der Waals surface area contributed by atoms with E-state index < -0.39 is 9.84 Å². The molecule has 2 atom stereocenters. The molecule has 1 fully saturated rings. The molecule has 8 heteroatoms. The first kappa shape index (κ1) is 16.6. The van der Waals surface area contributed by atoms with E-state index in [9.17, 15) is 13.2 Å². The molecule has 21 heavy (non-hydrogen) atoms. The minimum absolute atomic E-state index is 0.0613. The van der Waals surface area contributed by atoms with Crippen LogP contribution in [-0.4, -0.2) is 54.1 Å². The van der Waals surface area contributed by atoms with Crippen molar-refractivity contribution in [2.45, 2.75) is 29.7 Å². The van der Waals surface area contributed by atoms with Gasteiger partial charge >= 0.3 is 0 Å². The lowest BCUT2D eigenvalue weighted by Crippen LogP contribution is -2.41. The van der Waals surface area contributed by atoms with Crippen LogP contribution < -0.4 is 0 Å². The van der Waals surface area contributed by atoms with E-state index in [-0.39, 0.29) is 28.7 Å². The van der Waals surface area contributed by atoms with Crippen molar-refractivity contribution in [1.82, 2.24) is 9.88 Å². The monoisotopic (exact) mass is 348 g/mol. The molecule has 0 radical (unpaired) electrons. The van der Waals surface area contributed by atoms with Gasteiger partial charge in [0.1, 0.15) is 0 Å². The van der Waals surface area contributed by atoms with Crippen LogP contribution in [0.4, 0.5) is 0 Å². The molecule has 2 rings (SSSR count). The largest absolute Gasteiger partial charge is 0.341 e. The van der Waals surface area contributed by atoms with Gasteiger partial charge in [0, 0.05) is 19.3 Å². The predicted octanol–water partition coefficient (Wildman–Crippen LogP) is 1.86. The summed E-state index contributed by atoms with van der Waals surface area (Å²) < 4.78 is 23.0. The highest BCUT2D eigenvalue weighted by Crippen LogP contribution is 2.25. The van der Waals surface area contributed by atoms with Crippen LogP contribution in [0.2, 0.25) is 5.02 Å². The first-order valence-corrected chi connectivity index (χ1v) is 9.62. The summed E-state index contributed by atoms with van der Waals surface area (Å²) in [7, 11) is -1.32. The number of pyridine rings is 1. The molecule has 5 nitrogen and oxygen atoms in total. The lowest BCUT2D eigenvalue weighted by Gasteiger charge is -2.26. The SMILES string of the molecule is C[C@H](Sc1ccc(Cl)cn1)C(=O)N(C)[C@H]1CCS(=O)(=O)C1. The first-order chi connectivity index (χ1) is 9.78. The maximum Gasteiger partial charge on any atom is 0.235 e. The molecule has 116 valence electrons. The van der Waals surface area contributed by atoms with Crippen LogP contribution in [-0.2, 0) is 14.6 Å². The zero-order chi connectivity index (χ0) is 15.6. The van der Waals surface area contributed by atoms with E-state index in [1.165, 1.54) is 18.0 Å². The normalized spacial score (nSPS) is 22.0. The minimum atomic E-state index is -2.99. The Labute approximate surface area is 134 Å². The summed E-state index contributed by atoms with van der Waals surface area (Å²) in [6.07, 6.45) is 2.05. The maximum atomic E-state index is 12.4. The Kier molecular flexibility index (Phi) is 5.16. The van der Waals surface area contributed by atoms with Gasteiger partial charge in [-0.3, -0.25) is 4.79 Å². The van der Waals surface area contributed by atoms with E-state index in [4.69, 9.17) is 11.6 Å². The fourth-order valence-electron chi connectivity index (χ4n) is 2.21. The van der Waals surface area contributed by atoms with Crippen LogP contribution in [0.1, 0.15) is 13.3 Å². The second kappa shape index (κ2) is 6.54. The number of thioether (sulfide) groups is 1. The van der Waals surface area contributed by atoms with Crippen LogP contribution in [0, 0.1) is 0 Å². The van der Waals surface area contributed by atoms with E-state index in [0.29, 0.717) is 16.5 Å². The van der Waals surface area contributed by atoms with Gasteiger partial charge in [-0.1, -0.05) is 23.4 Å². The van der Waals surface area contributed by atoms with Gasteiger partial charge in [0.25, 0.3) is 0 Å². The summed E-state index contributed by atoms with van der Waals surface area (Å²) in [5.74, 6) is 0.139. The Balaban J connectivity index is 1.97. The van der Waals surface area contributed by atoms with Crippen LogP contribution in [0.25, 0.3) is 0 Å². The fraction of sp³-hybridized carbons (Fsp3) is 0.538. The third-order valence-electron chi connectivity index (χ3n) is 3.45. The molecule has 0 aliphatic carbocycles. The van der Waals surface area contributed by atoms with Crippen molar-refractivity contribution in [3.8, 4) is 0 Å². The average molecular weight is 349 g/mol. The summed E-state index contributed by atoms with van der Waals surface area (Å²) in [6, 6.07) is 3.27. The summed E-state index contributed by atoms with van der Waals surface area (Å²) in [5.41, 5.74) is 0. The fourth-order valence-corrected chi connectivity index (χ4v) is 4.99. The zero-order valence-corrected chi connectivity index (χ0v) is 14.2. The highest BCUT2D eigenvalue weighted by Gasteiger charge is 2.34. The molecule has 1 amide bonds. The molecule has 2 heterocycles. The Morgan fingerprint density at radius 1 is 1.52 bits per heavy atom. The van der Waals surface area contributed by atoms with Gasteiger partial charge in [-0.15, -0.1) is 0 Å². The smallest absolute Gasteiger partial charge is 0.235 e. The second-order valence-corrected chi connectivity index (χ2v) is 9.11.